The highest BCUT2D eigenvalue weighted by atomic mass is 32.2. The Morgan fingerprint density at radius 1 is 1.19 bits per heavy atom. The summed E-state index contributed by atoms with van der Waals surface area (Å²) in [5.41, 5.74) is 0. The summed E-state index contributed by atoms with van der Waals surface area (Å²) in [4.78, 5) is 38.3. The number of fused-ring (bicyclic) bond motifs is 1. The van der Waals surface area contributed by atoms with Gasteiger partial charge < -0.3 is 10.1 Å². The highest BCUT2D eigenvalue weighted by Crippen LogP contribution is 2.39. The molecule has 12 heteroatoms. The summed E-state index contributed by atoms with van der Waals surface area (Å²) in [5, 5.41) is 7.29. The molecule has 0 aromatic heterocycles. The van der Waals surface area contributed by atoms with Crippen molar-refractivity contribution < 1.29 is 32.3 Å². The topological polar surface area (TPSA) is 99.8 Å². The molecule has 3 N–H and O–H groups in total. The lowest BCUT2D eigenvalue weighted by atomic mass is 9.82. The van der Waals surface area contributed by atoms with Crippen molar-refractivity contribution in [3.63, 3.8) is 0 Å². The second-order valence-electron chi connectivity index (χ2n) is 8.74. The van der Waals surface area contributed by atoms with Gasteiger partial charge in [0.2, 0.25) is 11.8 Å². The maximum atomic E-state index is 13.5. The third-order valence-electron chi connectivity index (χ3n) is 6.36. The first-order valence-corrected chi connectivity index (χ1v) is 12.1. The first-order chi connectivity index (χ1) is 15.0. The summed E-state index contributed by atoms with van der Waals surface area (Å²) in [7, 11) is 0. The number of thioether (sulfide) groups is 1. The Morgan fingerprint density at radius 2 is 1.91 bits per heavy atom. The van der Waals surface area contributed by atoms with Crippen LogP contribution in [0.15, 0.2) is 0 Å². The second kappa shape index (κ2) is 10.2. The molecule has 8 nitrogen and oxygen atoms in total. The summed E-state index contributed by atoms with van der Waals surface area (Å²) < 4.78 is 45.3. The molecule has 1 aliphatic carbocycles. The molecule has 182 valence electrons. The van der Waals surface area contributed by atoms with E-state index in [0.717, 1.165) is 0 Å². The van der Waals surface area contributed by atoms with Gasteiger partial charge in [0.25, 0.3) is 0 Å². The molecule has 6 unspecified atom stereocenters. The van der Waals surface area contributed by atoms with E-state index in [-0.39, 0.29) is 24.6 Å². The Labute approximate surface area is 189 Å². The number of hydrogen-bond acceptors (Lipinski definition) is 7. The highest BCUT2D eigenvalue weighted by molar-refractivity contribution is 8.00. The van der Waals surface area contributed by atoms with Crippen LogP contribution in [0.3, 0.4) is 0 Å². The minimum atomic E-state index is -4.39. The summed E-state index contributed by atoms with van der Waals surface area (Å²) in [6.07, 6.45) is -5.12. The Balaban J connectivity index is 1.59. The number of nitrogens with one attached hydrogen (secondary N) is 3. The molecule has 2 aliphatic heterocycles. The van der Waals surface area contributed by atoms with E-state index in [4.69, 9.17) is 4.74 Å². The molecule has 1 saturated carbocycles. The van der Waals surface area contributed by atoms with Crippen LogP contribution in [0.25, 0.3) is 0 Å². The maximum Gasteiger partial charge on any atom is 0.417 e. The molecule has 6 atom stereocenters. The van der Waals surface area contributed by atoms with Gasteiger partial charge in [-0.05, 0) is 52.2 Å². The van der Waals surface area contributed by atoms with Gasteiger partial charge in [-0.25, -0.2) is 4.79 Å². The van der Waals surface area contributed by atoms with Crippen LogP contribution >= 0.6 is 11.8 Å². The zero-order valence-electron chi connectivity index (χ0n) is 18.4. The van der Waals surface area contributed by atoms with Crippen LogP contribution < -0.4 is 16.0 Å². The van der Waals surface area contributed by atoms with Gasteiger partial charge in [0.1, 0.15) is 0 Å². The van der Waals surface area contributed by atoms with E-state index < -0.39 is 47.6 Å². The lowest BCUT2D eigenvalue weighted by molar-refractivity contribution is -0.189. The molecule has 0 radical (unpaired) electrons. The number of halogens is 3. The summed E-state index contributed by atoms with van der Waals surface area (Å²) in [6.45, 7) is 5.27. The van der Waals surface area contributed by atoms with Crippen molar-refractivity contribution in [3.8, 4) is 0 Å². The Bertz CT molecular complexity index is 723. The molecule has 3 aliphatic rings. The van der Waals surface area contributed by atoms with Crippen molar-refractivity contribution in [1.82, 2.24) is 20.9 Å². The number of alkyl carbamates (subject to hydrolysis) is 1. The largest absolute Gasteiger partial charge is 0.450 e. The molecule has 0 aromatic carbocycles. The first kappa shape index (κ1) is 25.1. The quantitative estimate of drug-likeness (QED) is 0.555. The van der Waals surface area contributed by atoms with Crippen LogP contribution in [0.4, 0.5) is 18.0 Å². The van der Waals surface area contributed by atoms with Gasteiger partial charge in [-0.15, -0.1) is 11.8 Å². The molecule has 0 spiro atoms. The van der Waals surface area contributed by atoms with Gasteiger partial charge in [-0.2, -0.15) is 13.2 Å². The molecule has 2 saturated heterocycles. The van der Waals surface area contributed by atoms with Crippen LogP contribution in [-0.4, -0.2) is 71.0 Å². The smallest absolute Gasteiger partial charge is 0.417 e. The average Bonchev–Trinajstić information content (AvgIpc) is 3.31. The Hall–Kier alpha value is -1.53. The van der Waals surface area contributed by atoms with Crippen molar-refractivity contribution in [2.75, 3.05) is 12.4 Å². The van der Waals surface area contributed by atoms with Crippen molar-refractivity contribution in [1.29, 1.82) is 0 Å². The fourth-order valence-electron chi connectivity index (χ4n) is 4.97. The SMILES string of the molecule is CCOC(=O)NC(=O)C1CCSC1NC(=O)C1CCC2C(C1)NC(C(F)(F)F)N2C(C)C. The van der Waals surface area contributed by atoms with E-state index in [1.165, 1.54) is 16.7 Å². The third kappa shape index (κ3) is 5.51. The lowest BCUT2D eigenvalue weighted by Gasteiger charge is -2.37. The van der Waals surface area contributed by atoms with E-state index in [2.05, 4.69) is 16.0 Å². The zero-order chi connectivity index (χ0) is 23.6. The number of hydrogen-bond donors (Lipinski definition) is 3. The molecule has 3 rings (SSSR count). The van der Waals surface area contributed by atoms with Crippen molar-refractivity contribution in [3.05, 3.63) is 0 Å². The normalized spacial score (nSPS) is 33.1. The molecule has 3 fully saturated rings. The number of nitrogens with zero attached hydrogens (tertiary/aromatic N) is 1. The minimum Gasteiger partial charge on any atom is -0.450 e. The zero-order valence-corrected chi connectivity index (χ0v) is 19.2. The predicted octanol–water partition coefficient (Wildman–Crippen LogP) is 2.19. The van der Waals surface area contributed by atoms with Gasteiger partial charge >= 0.3 is 12.3 Å². The fraction of sp³-hybridized carbons (Fsp3) is 0.850. The van der Waals surface area contributed by atoms with Crippen molar-refractivity contribution in [2.24, 2.45) is 11.8 Å². The van der Waals surface area contributed by atoms with Crippen LogP contribution in [0.5, 0.6) is 0 Å². The van der Waals surface area contributed by atoms with Crippen LogP contribution in [0.2, 0.25) is 0 Å². The molecule has 3 amide bonds. The van der Waals surface area contributed by atoms with E-state index in [1.807, 2.05) is 0 Å². The van der Waals surface area contributed by atoms with Crippen molar-refractivity contribution >= 4 is 29.7 Å². The number of ether oxygens (including phenoxy) is 1. The molecular formula is C20H31F3N4O4S. The van der Waals surface area contributed by atoms with E-state index >= 15 is 0 Å². The van der Waals surface area contributed by atoms with Gasteiger partial charge in [0.05, 0.1) is 17.9 Å². The van der Waals surface area contributed by atoms with Crippen LogP contribution in [-0.2, 0) is 14.3 Å². The first-order valence-electron chi connectivity index (χ1n) is 11.0. The number of imide groups is 1. The molecule has 0 bridgehead atoms. The Kier molecular flexibility index (Phi) is 7.97. The summed E-state index contributed by atoms with van der Waals surface area (Å²) >= 11 is 1.42. The maximum absolute atomic E-state index is 13.5. The number of amides is 3. The molecule has 2 heterocycles. The average molecular weight is 481 g/mol. The monoisotopic (exact) mass is 480 g/mol. The number of alkyl halides is 3. The molecule has 32 heavy (non-hydrogen) atoms. The number of carbonyl (C=O) groups excluding carboxylic acids is 3. The van der Waals surface area contributed by atoms with Crippen molar-refractivity contribution in [2.45, 2.75) is 82.3 Å². The van der Waals surface area contributed by atoms with Gasteiger partial charge in [-0.1, -0.05) is 0 Å². The standard InChI is InChI=1S/C20H31F3N4O4S/c1-4-31-19(30)26-16(29)12-7-8-32-17(12)25-15(28)11-5-6-14-13(9-11)24-18(20(21,22)23)27(14)10(2)3/h10-14,17-18,24H,4-9H2,1-3H3,(H,25,28)(H,26,29,30). The van der Waals surface area contributed by atoms with Crippen LogP contribution in [0.1, 0.15) is 46.5 Å². The van der Waals surface area contributed by atoms with Gasteiger partial charge in [-0.3, -0.25) is 25.1 Å². The second-order valence-corrected chi connectivity index (χ2v) is 9.99. The van der Waals surface area contributed by atoms with E-state index in [1.54, 1.807) is 20.8 Å². The third-order valence-corrected chi connectivity index (χ3v) is 7.63. The molecular weight excluding hydrogens is 449 g/mol. The summed E-state index contributed by atoms with van der Waals surface area (Å²) in [5.74, 6) is -1.11. The minimum absolute atomic E-state index is 0.139. The van der Waals surface area contributed by atoms with Crippen LogP contribution in [0, 0.1) is 11.8 Å². The van der Waals surface area contributed by atoms with E-state index in [9.17, 15) is 27.6 Å². The number of carbonyl (C=O) groups is 3. The predicted molar refractivity (Wildman–Crippen MR) is 113 cm³/mol. The van der Waals surface area contributed by atoms with Gasteiger partial charge in [0, 0.05) is 24.0 Å². The molecule has 0 aromatic rings. The number of rotatable bonds is 5. The Morgan fingerprint density at radius 3 is 2.53 bits per heavy atom. The highest BCUT2D eigenvalue weighted by Gasteiger charge is 2.55. The fourth-order valence-corrected chi connectivity index (χ4v) is 6.31. The van der Waals surface area contributed by atoms with E-state index in [0.29, 0.717) is 31.4 Å². The lowest BCUT2D eigenvalue weighted by Crippen LogP contribution is -2.52. The van der Waals surface area contributed by atoms with Gasteiger partial charge in [0.15, 0.2) is 6.17 Å². The summed E-state index contributed by atoms with van der Waals surface area (Å²) in [6, 6.07) is -0.967.